The van der Waals surface area contributed by atoms with Gasteiger partial charge in [0.05, 0.1) is 0 Å². The summed E-state index contributed by atoms with van der Waals surface area (Å²) in [4.78, 5) is 0. The molecule has 0 bridgehead atoms. The van der Waals surface area contributed by atoms with Gasteiger partial charge in [-0.15, -0.1) is 0 Å². The zero-order chi connectivity index (χ0) is 8.55. The van der Waals surface area contributed by atoms with E-state index in [9.17, 15) is 0 Å². The van der Waals surface area contributed by atoms with Crippen molar-refractivity contribution in [1.82, 2.24) is 10.2 Å². The van der Waals surface area contributed by atoms with Crippen molar-refractivity contribution in [1.29, 1.82) is 0 Å². The van der Waals surface area contributed by atoms with Gasteiger partial charge in [-0.1, -0.05) is 0 Å². The number of nitrogens with one attached hydrogen (secondary N) is 1. The Morgan fingerprint density at radius 3 is 2.67 bits per heavy atom. The Balaban J connectivity index is 2.43. The van der Waals surface area contributed by atoms with Crippen molar-refractivity contribution < 1.29 is 4.42 Å². The van der Waals surface area contributed by atoms with Gasteiger partial charge in [-0.05, 0) is 32.0 Å². The Hall–Kier alpha value is -1.51. The first-order chi connectivity index (χ1) is 5.75. The lowest BCUT2D eigenvalue weighted by Crippen LogP contribution is -1.72. The van der Waals surface area contributed by atoms with Gasteiger partial charge in [-0.2, -0.15) is 5.10 Å². The standard InChI is InChI=1S/C9H10N2O/c1-6-5-8(11-10-6)9-4-3-7(2)12-9/h3-5H,1-2H3,(H,10,11). The van der Waals surface area contributed by atoms with E-state index in [2.05, 4.69) is 10.2 Å². The highest BCUT2D eigenvalue weighted by Gasteiger charge is 2.04. The molecule has 62 valence electrons. The third-order valence-electron chi connectivity index (χ3n) is 1.70. The molecule has 0 amide bonds. The Kier molecular flexibility index (Phi) is 1.50. The molecule has 3 heteroatoms. The van der Waals surface area contributed by atoms with E-state index in [1.807, 2.05) is 32.0 Å². The summed E-state index contributed by atoms with van der Waals surface area (Å²) in [7, 11) is 0. The average Bonchev–Trinajstić information content (AvgIpc) is 2.58. The normalized spacial score (nSPS) is 10.5. The van der Waals surface area contributed by atoms with Crippen molar-refractivity contribution in [2.75, 3.05) is 0 Å². The fraction of sp³-hybridized carbons (Fsp3) is 0.222. The third-order valence-corrected chi connectivity index (χ3v) is 1.70. The van der Waals surface area contributed by atoms with Crippen LogP contribution in [-0.4, -0.2) is 10.2 Å². The van der Waals surface area contributed by atoms with Crippen LogP contribution >= 0.6 is 0 Å². The molecule has 1 N–H and O–H groups in total. The molecule has 2 aromatic heterocycles. The van der Waals surface area contributed by atoms with Crippen molar-refractivity contribution in [3.05, 3.63) is 29.7 Å². The number of aryl methyl sites for hydroxylation is 2. The largest absolute Gasteiger partial charge is 0.460 e. The first-order valence-corrected chi connectivity index (χ1v) is 3.84. The Bertz CT molecular complexity index is 348. The van der Waals surface area contributed by atoms with Crippen molar-refractivity contribution in [2.24, 2.45) is 0 Å². The number of nitrogens with zero attached hydrogens (tertiary/aromatic N) is 1. The topological polar surface area (TPSA) is 41.8 Å². The number of aromatic nitrogens is 2. The van der Waals surface area contributed by atoms with Gasteiger partial charge in [0.1, 0.15) is 11.5 Å². The van der Waals surface area contributed by atoms with Gasteiger partial charge in [0.25, 0.3) is 0 Å². The van der Waals surface area contributed by atoms with E-state index in [-0.39, 0.29) is 0 Å². The molecule has 0 saturated carbocycles. The molecule has 0 spiro atoms. The van der Waals surface area contributed by atoms with Crippen molar-refractivity contribution in [3.8, 4) is 11.5 Å². The van der Waals surface area contributed by atoms with E-state index in [0.29, 0.717) is 0 Å². The average molecular weight is 162 g/mol. The molecule has 0 fully saturated rings. The molecule has 0 aromatic carbocycles. The number of aromatic amines is 1. The fourth-order valence-electron chi connectivity index (χ4n) is 1.12. The molecular formula is C9H10N2O. The van der Waals surface area contributed by atoms with Gasteiger partial charge >= 0.3 is 0 Å². The molecule has 0 aliphatic heterocycles. The minimum Gasteiger partial charge on any atom is -0.460 e. The van der Waals surface area contributed by atoms with E-state index >= 15 is 0 Å². The maximum Gasteiger partial charge on any atom is 0.154 e. The number of rotatable bonds is 1. The first-order valence-electron chi connectivity index (χ1n) is 3.84. The predicted molar refractivity (Wildman–Crippen MR) is 45.8 cm³/mol. The Labute approximate surface area is 70.4 Å². The predicted octanol–water partition coefficient (Wildman–Crippen LogP) is 2.29. The van der Waals surface area contributed by atoms with Crippen LogP contribution < -0.4 is 0 Å². The molecular weight excluding hydrogens is 152 g/mol. The maximum atomic E-state index is 5.40. The summed E-state index contributed by atoms with van der Waals surface area (Å²) in [5.74, 6) is 1.72. The van der Waals surface area contributed by atoms with Crippen LogP contribution in [-0.2, 0) is 0 Å². The van der Waals surface area contributed by atoms with Crippen molar-refractivity contribution >= 4 is 0 Å². The maximum absolute atomic E-state index is 5.40. The lowest BCUT2D eigenvalue weighted by atomic mass is 10.3. The summed E-state index contributed by atoms with van der Waals surface area (Å²) in [5.41, 5.74) is 1.90. The van der Waals surface area contributed by atoms with E-state index in [4.69, 9.17) is 4.42 Å². The van der Waals surface area contributed by atoms with Gasteiger partial charge in [-0.3, -0.25) is 5.10 Å². The lowest BCUT2D eigenvalue weighted by molar-refractivity contribution is 0.546. The summed E-state index contributed by atoms with van der Waals surface area (Å²) >= 11 is 0. The summed E-state index contributed by atoms with van der Waals surface area (Å²) in [6.45, 7) is 3.88. The number of hydrogen-bond acceptors (Lipinski definition) is 2. The number of H-pyrrole nitrogens is 1. The highest BCUT2D eigenvalue weighted by Crippen LogP contribution is 2.19. The highest BCUT2D eigenvalue weighted by atomic mass is 16.3. The fourth-order valence-corrected chi connectivity index (χ4v) is 1.12. The quantitative estimate of drug-likeness (QED) is 0.699. The molecule has 2 aromatic rings. The second-order valence-electron chi connectivity index (χ2n) is 2.85. The number of furan rings is 1. The molecule has 0 saturated heterocycles. The first kappa shape index (κ1) is 7.16. The van der Waals surface area contributed by atoms with Crippen LogP contribution in [0.2, 0.25) is 0 Å². The van der Waals surface area contributed by atoms with E-state index in [0.717, 1.165) is 22.9 Å². The zero-order valence-electron chi connectivity index (χ0n) is 7.09. The summed E-state index contributed by atoms with van der Waals surface area (Å²) < 4.78 is 5.40. The minimum absolute atomic E-state index is 0.817. The van der Waals surface area contributed by atoms with Crippen LogP contribution in [0.3, 0.4) is 0 Å². The smallest absolute Gasteiger partial charge is 0.154 e. The molecule has 3 nitrogen and oxygen atoms in total. The van der Waals surface area contributed by atoms with E-state index in [1.54, 1.807) is 0 Å². The summed E-state index contributed by atoms with van der Waals surface area (Å²) in [5, 5.41) is 6.95. The second-order valence-corrected chi connectivity index (χ2v) is 2.85. The second kappa shape index (κ2) is 2.52. The van der Waals surface area contributed by atoms with Crippen LogP contribution in [0, 0.1) is 13.8 Å². The summed E-state index contributed by atoms with van der Waals surface area (Å²) in [6, 6.07) is 5.81. The molecule has 2 rings (SSSR count). The van der Waals surface area contributed by atoms with Gasteiger partial charge in [0, 0.05) is 5.69 Å². The van der Waals surface area contributed by atoms with Gasteiger partial charge < -0.3 is 4.42 Å². The molecule has 0 aliphatic carbocycles. The zero-order valence-corrected chi connectivity index (χ0v) is 7.09. The van der Waals surface area contributed by atoms with Crippen molar-refractivity contribution in [3.63, 3.8) is 0 Å². The lowest BCUT2D eigenvalue weighted by Gasteiger charge is -1.86. The summed E-state index contributed by atoms with van der Waals surface area (Å²) in [6.07, 6.45) is 0. The molecule has 0 radical (unpaired) electrons. The SMILES string of the molecule is Cc1cc(-c2ccc(C)o2)n[nH]1. The molecule has 0 atom stereocenters. The third kappa shape index (κ3) is 1.13. The van der Waals surface area contributed by atoms with Gasteiger partial charge in [0.2, 0.25) is 0 Å². The van der Waals surface area contributed by atoms with Crippen LogP contribution in [0.5, 0.6) is 0 Å². The van der Waals surface area contributed by atoms with Crippen LogP contribution in [0.25, 0.3) is 11.5 Å². The molecule has 0 aliphatic rings. The Morgan fingerprint density at radius 1 is 1.33 bits per heavy atom. The van der Waals surface area contributed by atoms with Gasteiger partial charge in [-0.25, -0.2) is 0 Å². The molecule has 0 unspecified atom stereocenters. The van der Waals surface area contributed by atoms with Crippen LogP contribution in [0.4, 0.5) is 0 Å². The van der Waals surface area contributed by atoms with E-state index < -0.39 is 0 Å². The highest BCUT2D eigenvalue weighted by molar-refractivity contribution is 5.52. The van der Waals surface area contributed by atoms with Crippen molar-refractivity contribution in [2.45, 2.75) is 13.8 Å². The van der Waals surface area contributed by atoms with Crippen LogP contribution in [0.1, 0.15) is 11.5 Å². The minimum atomic E-state index is 0.817. The van der Waals surface area contributed by atoms with Crippen LogP contribution in [0.15, 0.2) is 22.6 Å². The number of hydrogen-bond donors (Lipinski definition) is 1. The van der Waals surface area contributed by atoms with E-state index in [1.165, 1.54) is 0 Å². The molecule has 12 heavy (non-hydrogen) atoms. The monoisotopic (exact) mass is 162 g/mol. The van der Waals surface area contributed by atoms with Gasteiger partial charge in [0.15, 0.2) is 5.76 Å². The Morgan fingerprint density at radius 2 is 2.17 bits per heavy atom. The molecule has 2 heterocycles.